The van der Waals surface area contributed by atoms with Crippen LogP contribution in [-0.2, 0) is 6.61 Å². The Hall–Kier alpha value is -3.29. The number of allylic oxidation sites excluding steroid dienone is 1. The molecule has 0 aliphatic rings. The Kier molecular flexibility index (Phi) is 7.11. The predicted molar refractivity (Wildman–Crippen MR) is 118 cm³/mol. The molecule has 3 nitrogen and oxygen atoms in total. The Morgan fingerprint density at radius 3 is 2.53 bits per heavy atom. The number of nitrogens with zero attached hydrogens (tertiary/aromatic N) is 1. The highest BCUT2D eigenvalue weighted by Gasteiger charge is 2.13. The van der Waals surface area contributed by atoms with Gasteiger partial charge in [0.25, 0.3) is 0 Å². The Labute approximate surface area is 180 Å². The van der Waals surface area contributed by atoms with Gasteiger partial charge in [-0.05, 0) is 60.9 Å². The molecule has 0 unspecified atom stereocenters. The lowest BCUT2D eigenvalue weighted by atomic mass is 10.0. The minimum Gasteiger partial charge on any atom is -0.490 e. The predicted octanol–water partition coefficient (Wildman–Crippen LogP) is 6.83. The second-order valence-corrected chi connectivity index (χ2v) is 7.12. The highest BCUT2D eigenvalue weighted by Crippen LogP contribution is 2.38. The first-order valence-electron chi connectivity index (χ1n) is 9.52. The summed E-state index contributed by atoms with van der Waals surface area (Å²) in [6.07, 6.45) is 1.65. The van der Waals surface area contributed by atoms with Gasteiger partial charge in [0.05, 0.1) is 23.3 Å². The standard InChI is InChI=1S/C25H21ClFNO2/c1-3-29-24-13-19(11-21(15-28)20-5-4-6-22(27)14-20)12-23(26)25(24)30-16-18-9-7-17(2)8-10-18/h4-14H,3,16H2,1-2H3/b21-11-. The third-order valence-electron chi connectivity index (χ3n) is 4.40. The number of halogens is 2. The van der Waals surface area contributed by atoms with E-state index in [4.69, 9.17) is 21.1 Å². The van der Waals surface area contributed by atoms with E-state index in [9.17, 15) is 9.65 Å². The maximum Gasteiger partial charge on any atom is 0.180 e. The van der Waals surface area contributed by atoms with Crippen LogP contribution in [0.5, 0.6) is 11.5 Å². The molecular weight excluding hydrogens is 401 g/mol. The molecule has 0 bridgehead atoms. The van der Waals surface area contributed by atoms with E-state index in [1.54, 1.807) is 30.3 Å². The summed E-state index contributed by atoms with van der Waals surface area (Å²) in [7, 11) is 0. The largest absolute Gasteiger partial charge is 0.490 e. The van der Waals surface area contributed by atoms with E-state index in [1.165, 1.54) is 17.7 Å². The maximum atomic E-state index is 13.5. The van der Waals surface area contributed by atoms with Crippen molar-refractivity contribution in [2.24, 2.45) is 0 Å². The number of hydrogen-bond donors (Lipinski definition) is 0. The molecule has 3 rings (SSSR count). The van der Waals surface area contributed by atoms with Crippen LogP contribution in [0.25, 0.3) is 11.6 Å². The van der Waals surface area contributed by atoms with Crippen LogP contribution in [0.2, 0.25) is 5.02 Å². The topological polar surface area (TPSA) is 42.2 Å². The number of rotatable bonds is 7. The number of hydrogen-bond acceptors (Lipinski definition) is 3. The van der Waals surface area contributed by atoms with E-state index >= 15 is 0 Å². The zero-order valence-electron chi connectivity index (χ0n) is 16.8. The molecule has 0 saturated carbocycles. The number of ether oxygens (including phenoxy) is 2. The van der Waals surface area contributed by atoms with Crippen LogP contribution in [0.1, 0.15) is 29.2 Å². The molecule has 0 radical (unpaired) electrons. The van der Waals surface area contributed by atoms with Crippen LogP contribution in [0.15, 0.2) is 60.7 Å². The molecule has 0 amide bonds. The van der Waals surface area contributed by atoms with Crippen molar-refractivity contribution in [2.75, 3.05) is 6.61 Å². The fourth-order valence-electron chi connectivity index (χ4n) is 2.92. The van der Waals surface area contributed by atoms with E-state index < -0.39 is 5.82 Å². The molecule has 0 atom stereocenters. The smallest absolute Gasteiger partial charge is 0.180 e. The van der Waals surface area contributed by atoms with Crippen LogP contribution in [0.3, 0.4) is 0 Å². The minimum atomic E-state index is -0.401. The molecule has 5 heteroatoms. The minimum absolute atomic E-state index is 0.321. The normalized spacial score (nSPS) is 11.1. The van der Waals surface area contributed by atoms with Crippen LogP contribution in [0, 0.1) is 24.1 Å². The zero-order chi connectivity index (χ0) is 21.5. The molecule has 152 valence electrons. The van der Waals surface area contributed by atoms with Crippen molar-refractivity contribution in [3.63, 3.8) is 0 Å². The summed E-state index contributed by atoms with van der Waals surface area (Å²) in [4.78, 5) is 0. The van der Waals surface area contributed by atoms with Gasteiger partial charge in [-0.1, -0.05) is 53.6 Å². The van der Waals surface area contributed by atoms with Crippen LogP contribution >= 0.6 is 11.6 Å². The average molecular weight is 422 g/mol. The summed E-state index contributed by atoms with van der Waals surface area (Å²) in [5.41, 5.74) is 3.66. The van der Waals surface area contributed by atoms with E-state index in [0.717, 1.165) is 5.56 Å². The van der Waals surface area contributed by atoms with Gasteiger partial charge in [0.1, 0.15) is 12.4 Å². The lowest BCUT2D eigenvalue weighted by Crippen LogP contribution is -2.01. The van der Waals surface area contributed by atoms with Crippen molar-refractivity contribution < 1.29 is 13.9 Å². The Morgan fingerprint density at radius 2 is 1.87 bits per heavy atom. The first-order chi connectivity index (χ1) is 14.5. The molecule has 0 heterocycles. The molecule has 3 aromatic carbocycles. The van der Waals surface area contributed by atoms with Crippen molar-refractivity contribution in [1.82, 2.24) is 0 Å². The Balaban J connectivity index is 1.92. The van der Waals surface area contributed by atoms with E-state index in [0.29, 0.717) is 46.4 Å². The Morgan fingerprint density at radius 1 is 1.10 bits per heavy atom. The molecule has 0 aliphatic heterocycles. The molecular formula is C25H21ClFNO2. The van der Waals surface area contributed by atoms with Gasteiger partial charge in [-0.15, -0.1) is 0 Å². The van der Waals surface area contributed by atoms with Gasteiger partial charge >= 0.3 is 0 Å². The second kappa shape index (κ2) is 9.96. The average Bonchev–Trinajstić information content (AvgIpc) is 2.73. The first-order valence-corrected chi connectivity index (χ1v) is 9.90. The van der Waals surface area contributed by atoms with Gasteiger partial charge in [0.15, 0.2) is 11.5 Å². The first kappa shape index (κ1) is 21.4. The maximum absolute atomic E-state index is 13.5. The summed E-state index contributed by atoms with van der Waals surface area (Å²) in [5, 5.41) is 9.90. The third-order valence-corrected chi connectivity index (χ3v) is 4.68. The summed E-state index contributed by atoms with van der Waals surface area (Å²) in [5.74, 6) is 0.530. The van der Waals surface area contributed by atoms with Gasteiger partial charge in [0, 0.05) is 0 Å². The third kappa shape index (κ3) is 5.40. The van der Waals surface area contributed by atoms with Gasteiger partial charge < -0.3 is 9.47 Å². The lowest BCUT2D eigenvalue weighted by Gasteiger charge is -2.15. The number of benzene rings is 3. The van der Waals surface area contributed by atoms with Crippen LogP contribution in [0.4, 0.5) is 4.39 Å². The van der Waals surface area contributed by atoms with Crippen LogP contribution < -0.4 is 9.47 Å². The summed E-state index contributed by atoms with van der Waals surface area (Å²) in [6, 6.07) is 19.5. The molecule has 0 aliphatic carbocycles. The molecule has 0 aromatic heterocycles. The lowest BCUT2D eigenvalue weighted by molar-refractivity contribution is 0.269. The fraction of sp³-hybridized carbons (Fsp3) is 0.160. The van der Waals surface area contributed by atoms with Crippen molar-refractivity contribution in [3.8, 4) is 17.6 Å². The molecule has 3 aromatic rings. The summed E-state index contributed by atoms with van der Waals surface area (Å²) < 4.78 is 25.2. The summed E-state index contributed by atoms with van der Waals surface area (Å²) >= 11 is 6.48. The molecule has 0 spiro atoms. The van der Waals surface area contributed by atoms with Gasteiger partial charge in [0.2, 0.25) is 0 Å². The molecule has 0 N–H and O–H groups in total. The van der Waals surface area contributed by atoms with Crippen LogP contribution in [-0.4, -0.2) is 6.61 Å². The quantitative estimate of drug-likeness (QED) is 0.310. The van der Waals surface area contributed by atoms with Crippen molar-refractivity contribution >= 4 is 23.3 Å². The van der Waals surface area contributed by atoms with Gasteiger partial charge in [-0.3, -0.25) is 0 Å². The SMILES string of the molecule is CCOc1cc(/C=C(/C#N)c2cccc(F)c2)cc(Cl)c1OCc1ccc(C)cc1. The van der Waals surface area contributed by atoms with E-state index in [-0.39, 0.29) is 0 Å². The fourth-order valence-corrected chi connectivity index (χ4v) is 3.19. The number of aryl methyl sites for hydroxylation is 1. The molecule has 0 saturated heterocycles. The molecule has 30 heavy (non-hydrogen) atoms. The highest BCUT2D eigenvalue weighted by atomic mass is 35.5. The number of nitriles is 1. The van der Waals surface area contributed by atoms with Gasteiger partial charge in [-0.2, -0.15) is 5.26 Å². The van der Waals surface area contributed by atoms with E-state index in [2.05, 4.69) is 6.07 Å². The zero-order valence-corrected chi connectivity index (χ0v) is 17.5. The molecule has 0 fully saturated rings. The van der Waals surface area contributed by atoms with Crippen molar-refractivity contribution in [3.05, 3.63) is 93.8 Å². The summed E-state index contributed by atoms with van der Waals surface area (Å²) in [6.45, 7) is 4.68. The highest BCUT2D eigenvalue weighted by molar-refractivity contribution is 6.32. The Bertz CT molecular complexity index is 1100. The van der Waals surface area contributed by atoms with E-state index in [1.807, 2.05) is 38.1 Å². The van der Waals surface area contributed by atoms with Crippen molar-refractivity contribution in [2.45, 2.75) is 20.5 Å². The monoisotopic (exact) mass is 421 g/mol. The second-order valence-electron chi connectivity index (χ2n) is 6.72. The van der Waals surface area contributed by atoms with Gasteiger partial charge in [-0.25, -0.2) is 4.39 Å². The van der Waals surface area contributed by atoms with Crippen molar-refractivity contribution in [1.29, 1.82) is 5.26 Å².